The third-order valence-corrected chi connectivity index (χ3v) is 6.09. The predicted molar refractivity (Wildman–Crippen MR) is 100 cm³/mol. The van der Waals surface area contributed by atoms with Gasteiger partial charge in [0.05, 0.1) is 7.11 Å². The topological polar surface area (TPSA) is 31.2 Å². The lowest BCUT2D eigenvalue weighted by molar-refractivity contribution is -0.141. The molecule has 24 heavy (non-hydrogen) atoms. The molecule has 1 aromatic carbocycles. The molecule has 0 fully saturated rings. The highest BCUT2D eigenvalue weighted by atomic mass is 79.9. The van der Waals surface area contributed by atoms with Gasteiger partial charge in [-0.05, 0) is 43.4 Å². The highest BCUT2D eigenvalue weighted by Gasteiger charge is 2.38. The van der Waals surface area contributed by atoms with E-state index >= 15 is 0 Å². The molecule has 3 nitrogen and oxygen atoms in total. The second-order valence-corrected chi connectivity index (χ2v) is 7.42. The molecule has 1 aliphatic heterocycles. The lowest BCUT2D eigenvalue weighted by Gasteiger charge is -2.39. The molecule has 0 saturated carbocycles. The zero-order chi connectivity index (χ0) is 17.2. The summed E-state index contributed by atoms with van der Waals surface area (Å²) in [4.78, 5) is 11.7. The third kappa shape index (κ3) is 3.04. The van der Waals surface area contributed by atoms with Crippen molar-refractivity contribution < 1.29 is 9.53 Å². The van der Waals surface area contributed by atoms with Gasteiger partial charge in [0.1, 0.15) is 0 Å². The molecule has 1 atom stereocenters. The Bertz CT molecular complexity index is 737. The largest absolute Gasteiger partial charge is 0.469 e. The number of halogens is 1. The van der Waals surface area contributed by atoms with Gasteiger partial charge in [-0.25, -0.2) is 0 Å². The summed E-state index contributed by atoms with van der Waals surface area (Å²) in [5.41, 5.74) is 3.94. The molecule has 128 valence electrons. The number of fused-ring (bicyclic) bond motifs is 1. The van der Waals surface area contributed by atoms with Gasteiger partial charge in [-0.2, -0.15) is 0 Å². The number of ether oxygens (including phenoxy) is 1. The van der Waals surface area contributed by atoms with Crippen LogP contribution >= 0.6 is 15.9 Å². The Morgan fingerprint density at radius 2 is 2.08 bits per heavy atom. The SMILES string of the molecule is CC[C@]1(CCC(=O)OC)CCCn2ccc(-c3ccccc3Br)c21. The van der Waals surface area contributed by atoms with Crippen molar-refractivity contribution in [3.8, 4) is 11.1 Å². The maximum Gasteiger partial charge on any atom is 0.305 e. The second-order valence-electron chi connectivity index (χ2n) is 6.56. The zero-order valence-corrected chi connectivity index (χ0v) is 15.9. The second kappa shape index (κ2) is 7.14. The summed E-state index contributed by atoms with van der Waals surface area (Å²) < 4.78 is 8.38. The molecule has 0 radical (unpaired) electrons. The molecule has 2 heterocycles. The van der Waals surface area contributed by atoms with Crippen LogP contribution < -0.4 is 0 Å². The molecule has 0 saturated heterocycles. The van der Waals surface area contributed by atoms with Gasteiger partial charge in [0.25, 0.3) is 0 Å². The van der Waals surface area contributed by atoms with E-state index in [0.717, 1.165) is 36.7 Å². The van der Waals surface area contributed by atoms with Crippen molar-refractivity contribution >= 4 is 21.9 Å². The Kier molecular flexibility index (Phi) is 5.14. The molecule has 1 aliphatic rings. The number of carbonyl (C=O) groups excluding carboxylic acids is 1. The van der Waals surface area contributed by atoms with Crippen molar-refractivity contribution in [1.29, 1.82) is 0 Å². The number of esters is 1. The van der Waals surface area contributed by atoms with E-state index in [-0.39, 0.29) is 11.4 Å². The van der Waals surface area contributed by atoms with Crippen molar-refractivity contribution in [1.82, 2.24) is 4.57 Å². The van der Waals surface area contributed by atoms with Crippen LogP contribution in [0.25, 0.3) is 11.1 Å². The number of aromatic nitrogens is 1. The average Bonchev–Trinajstić information content (AvgIpc) is 3.05. The quantitative estimate of drug-likeness (QED) is 0.648. The van der Waals surface area contributed by atoms with Crippen molar-refractivity contribution in [3.63, 3.8) is 0 Å². The number of methoxy groups -OCH3 is 1. The monoisotopic (exact) mass is 389 g/mol. The van der Waals surface area contributed by atoms with Crippen LogP contribution in [0.3, 0.4) is 0 Å². The molecule has 0 N–H and O–H groups in total. The minimum atomic E-state index is -0.117. The van der Waals surface area contributed by atoms with Crippen LogP contribution in [0.4, 0.5) is 0 Å². The Balaban J connectivity index is 2.07. The number of nitrogens with zero attached hydrogens (tertiary/aromatic N) is 1. The number of hydrogen-bond donors (Lipinski definition) is 0. The molecular formula is C20H24BrNO2. The molecule has 0 aliphatic carbocycles. The van der Waals surface area contributed by atoms with E-state index in [1.807, 2.05) is 6.07 Å². The Morgan fingerprint density at radius 3 is 2.79 bits per heavy atom. The van der Waals surface area contributed by atoms with Crippen molar-refractivity contribution in [2.45, 2.75) is 51.0 Å². The van der Waals surface area contributed by atoms with Crippen LogP contribution in [-0.2, 0) is 21.5 Å². The lowest BCUT2D eigenvalue weighted by atomic mass is 9.70. The molecular weight excluding hydrogens is 366 g/mol. The van der Waals surface area contributed by atoms with Crippen LogP contribution in [0.2, 0.25) is 0 Å². The molecule has 2 aromatic rings. The molecule has 1 aromatic heterocycles. The Morgan fingerprint density at radius 1 is 1.29 bits per heavy atom. The summed E-state index contributed by atoms with van der Waals surface area (Å²) in [5.74, 6) is -0.117. The normalized spacial score (nSPS) is 19.8. The van der Waals surface area contributed by atoms with Crippen LogP contribution in [0.1, 0.15) is 44.7 Å². The molecule has 0 unspecified atom stereocenters. The molecule has 0 spiro atoms. The first-order valence-corrected chi connectivity index (χ1v) is 9.42. The van der Waals surface area contributed by atoms with E-state index in [0.29, 0.717) is 6.42 Å². The highest BCUT2D eigenvalue weighted by Crippen LogP contribution is 2.46. The number of carbonyl (C=O) groups is 1. The summed E-state index contributed by atoms with van der Waals surface area (Å²) in [6, 6.07) is 10.6. The van der Waals surface area contributed by atoms with Crippen LogP contribution in [0.5, 0.6) is 0 Å². The van der Waals surface area contributed by atoms with E-state index < -0.39 is 0 Å². The van der Waals surface area contributed by atoms with Gasteiger partial charge in [0.15, 0.2) is 0 Å². The van der Waals surface area contributed by atoms with Crippen molar-refractivity contribution in [2.24, 2.45) is 0 Å². The third-order valence-electron chi connectivity index (χ3n) is 5.40. The summed E-state index contributed by atoms with van der Waals surface area (Å²) in [5, 5.41) is 0. The number of rotatable bonds is 5. The first-order valence-electron chi connectivity index (χ1n) is 8.62. The summed E-state index contributed by atoms with van der Waals surface area (Å²) in [6.07, 6.45) is 6.84. The fourth-order valence-corrected chi connectivity index (χ4v) is 4.56. The van der Waals surface area contributed by atoms with Gasteiger partial charge in [0.2, 0.25) is 0 Å². The lowest BCUT2D eigenvalue weighted by Crippen LogP contribution is -2.34. The first-order chi connectivity index (χ1) is 11.6. The van der Waals surface area contributed by atoms with Gasteiger partial charge >= 0.3 is 5.97 Å². The van der Waals surface area contributed by atoms with E-state index in [4.69, 9.17) is 4.74 Å². The number of aryl methyl sites for hydroxylation is 1. The predicted octanol–water partition coefficient (Wildman–Crippen LogP) is 5.31. The van der Waals surface area contributed by atoms with Crippen molar-refractivity contribution in [2.75, 3.05) is 7.11 Å². The van der Waals surface area contributed by atoms with E-state index in [1.54, 1.807) is 0 Å². The minimum absolute atomic E-state index is 0.0422. The first kappa shape index (κ1) is 17.3. The van der Waals surface area contributed by atoms with Gasteiger partial charge in [-0.3, -0.25) is 4.79 Å². The fourth-order valence-electron chi connectivity index (χ4n) is 4.06. The smallest absolute Gasteiger partial charge is 0.305 e. The summed E-state index contributed by atoms with van der Waals surface area (Å²) >= 11 is 3.70. The van der Waals surface area contributed by atoms with E-state index in [2.05, 4.69) is 57.9 Å². The molecule has 0 amide bonds. The van der Waals surface area contributed by atoms with Gasteiger partial charge in [0, 0.05) is 40.3 Å². The average molecular weight is 390 g/mol. The van der Waals surface area contributed by atoms with Gasteiger partial charge in [-0.1, -0.05) is 41.1 Å². The van der Waals surface area contributed by atoms with E-state index in [9.17, 15) is 4.79 Å². The minimum Gasteiger partial charge on any atom is -0.469 e. The molecule has 0 bridgehead atoms. The van der Waals surface area contributed by atoms with Crippen LogP contribution in [-0.4, -0.2) is 17.6 Å². The van der Waals surface area contributed by atoms with Crippen molar-refractivity contribution in [3.05, 3.63) is 46.7 Å². The standard InChI is InChI=1S/C20H24BrNO2/c1-3-20(12-9-18(23)24-2)11-6-13-22-14-10-16(19(20)22)15-7-4-5-8-17(15)21/h4-5,7-8,10,14H,3,6,9,11-13H2,1-2H3/t20-/m1/s1. The maximum atomic E-state index is 11.7. The van der Waals surface area contributed by atoms with Gasteiger partial charge in [-0.15, -0.1) is 0 Å². The zero-order valence-electron chi connectivity index (χ0n) is 14.3. The Labute approximate surface area is 152 Å². The van der Waals surface area contributed by atoms with Gasteiger partial charge < -0.3 is 9.30 Å². The Hall–Kier alpha value is -1.55. The van der Waals surface area contributed by atoms with E-state index in [1.165, 1.54) is 23.9 Å². The summed E-state index contributed by atoms with van der Waals surface area (Å²) in [6.45, 7) is 3.30. The highest BCUT2D eigenvalue weighted by molar-refractivity contribution is 9.10. The maximum absolute atomic E-state index is 11.7. The summed E-state index contributed by atoms with van der Waals surface area (Å²) in [7, 11) is 1.47. The number of benzene rings is 1. The van der Waals surface area contributed by atoms with Crippen LogP contribution in [0.15, 0.2) is 41.0 Å². The fraction of sp³-hybridized carbons (Fsp3) is 0.450. The molecule has 4 heteroatoms. The van der Waals surface area contributed by atoms with Crippen LogP contribution in [0, 0.1) is 0 Å². The molecule has 3 rings (SSSR count). The number of hydrogen-bond acceptors (Lipinski definition) is 2.